The first kappa shape index (κ1) is 20.5. The zero-order valence-electron chi connectivity index (χ0n) is 16.3. The number of anilines is 1. The molecule has 0 amide bonds. The van der Waals surface area contributed by atoms with Crippen LogP contribution in [0.15, 0.2) is 15.8 Å². The molecule has 1 fully saturated rings. The van der Waals surface area contributed by atoms with E-state index in [2.05, 4.69) is 20.3 Å². The Morgan fingerprint density at radius 2 is 1.89 bits per heavy atom. The number of aromatic amines is 1. The predicted molar refractivity (Wildman–Crippen MR) is 107 cm³/mol. The third-order valence-electron chi connectivity index (χ3n) is 5.22. The lowest BCUT2D eigenvalue weighted by molar-refractivity contribution is 0.331. The Hall–Kier alpha value is -2.27. The SMILES string of the molecule is CCC(CC)n1c(=O)c(=O)[nH]c2cnc(NC3CCN(S(C)(=O)=O)CC3)nc21. The van der Waals surface area contributed by atoms with E-state index in [9.17, 15) is 18.0 Å². The van der Waals surface area contributed by atoms with Gasteiger partial charge in [-0.25, -0.2) is 17.7 Å². The molecule has 0 aromatic carbocycles. The summed E-state index contributed by atoms with van der Waals surface area (Å²) in [6.07, 6.45) is 5.39. The van der Waals surface area contributed by atoms with Crippen LogP contribution in [0.2, 0.25) is 0 Å². The Kier molecular flexibility index (Phi) is 5.84. The quantitative estimate of drug-likeness (QED) is 0.670. The Morgan fingerprint density at radius 1 is 1.25 bits per heavy atom. The summed E-state index contributed by atoms with van der Waals surface area (Å²) in [5.41, 5.74) is -0.498. The van der Waals surface area contributed by atoms with Crippen molar-refractivity contribution in [1.82, 2.24) is 23.8 Å². The van der Waals surface area contributed by atoms with Crippen LogP contribution in [0.1, 0.15) is 45.6 Å². The lowest BCUT2D eigenvalue weighted by Gasteiger charge is -2.30. The van der Waals surface area contributed by atoms with Crippen molar-refractivity contribution in [3.8, 4) is 0 Å². The standard InChI is InChI=1S/C17H26N6O4S/c1-4-12(5-2)23-14-13(20-15(24)16(23)25)10-18-17(21-14)19-11-6-8-22(9-7-11)28(3,26)27/h10-12H,4-9H2,1-3H3,(H,20,24)(H,18,19,21). The second-order valence-electron chi connectivity index (χ2n) is 7.11. The number of hydrogen-bond acceptors (Lipinski definition) is 7. The van der Waals surface area contributed by atoms with E-state index in [1.165, 1.54) is 21.3 Å². The maximum Gasteiger partial charge on any atom is 0.318 e. The fourth-order valence-corrected chi connectivity index (χ4v) is 4.48. The van der Waals surface area contributed by atoms with Gasteiger partial charge < -0.3 is 10.3 Å². The number of H-pyrrole nitrogens is 1. The fraction of sp³-hybridized carbons (Fsp3) is 0.647. The summed E-state index contributed by atoms with van der Waals surface area (Å²) in [6.45, 7) is 4.80. The summed E-state index contributed by atoms with van der Waals surface area (Å²) in [6, 6.07) is -0.0930. The van der Waals surface area contributed by atoms with Gasteiger partial charge in [-0.15, -0.1) is 0 Å². The molecule has 0 aliphatic carbocycles. The molecule has 3 rings (SSSR count). The number of fused-ring (bicyclic) bond motifs is 1. The largest absolute Gasteiger partial charge is 0.351 e. The molecule has 0 atom stereocenters. The number of aromatic nitrogens is 4. The lowest BCUT2D eigenvalue weighted by atomic mass is 10.1. The van der Waals surface area contributed by atoms with E-state index in [1.54, 1.807) is 0 Å². The van der Waals surface area contributed by atoms with Gasteiger partial charge in [0, 0.05) is 25.2 Å². The molecule has 1 saturated heterocycles. The summed E-state index contributed by atoms with van der Waals surface area (Å²) in [5.74, 6) is 0.358. The molecular weight excluding hydrogens is 384 g/mol. The number of hydrogen-bond donors (Lipinski definition) is 2. The highest BCUT2D eigenvalue weighted by atomic mass is 32.2. The van der Waals surface area contributed by atoms with Crippen molar-refractivity contribution in [3.05, 3.63) is 26.9 Å². The van der Waals surface area contributed by atoms with Gasteiger partial charge in [0.05, 0.1) is 12.5 Å². The molecule has 0 unspecified atom stereocenters. The minimum atomic E-state index is -3.18. The number of nitrogens with zero attached hydrogens (tertiary/aromatic N) is 4. The minimum Gasteiger partial charge on any atom is -0.351 e. The van der Waals surface area contributed by atoms with Crippen LogP contribution in [0, 0.1) is 0 Å². The van der Waals surface area contributed by atoms with Crippen LogP contribution >= 0.6 is 0 Å². The van der Waals surface area contributed by atoms with E-state index >= 15 is 0 Å². The first-order chi connectivity index (χ1) is 13.2. The van der Waals surface area contributed by atoms with E-state index in [-0.39, 0.29) is 12.1 Å². The smallest absolute Gasteiger partial charge is 0.318 e. The Morgan fingerprint density at radius 3 is 2.46 bits per heavy atom. The van der Waals surface area contributed by atoms with Gasteiger partial charge in [-0.1, -0.05) is 13.8 Å². The van der Waals surface area contributed by atoms with Crippen LogP contribution in [-0.2, 0) is 10.0 Å². The molecular formula is C17H26N6O4S. The van der Waals surface area contributed by atoms with E-state index in [4.69, 9.17) is 0 Å². The van der Waals surface area contributed by atoms with E-state index in [1.807, 2.05) is 13.8 Å². The van der Waals surface area contributed by atoms with Crippen LogP contribution in [0.25, 0.3) is 11.2 Å². The minimum absolute atomic E-state index is 0.0338. The predicted octanol–water partition coefficient (Wildman–Crippen LogP) is 0.677. The molecule has 154 valence electrons. The van der Waals surface area contributed by atoms with Crippen molar-refractivity contribution in [2.45, 2.75) is 51.6 Å². The maximum atomic E-state index is 12.4. The second-order valence-corrected chi connectivity index (χ2v) is 9.09. The molecule has 0 spiro atoms. The number of rotatable bonds is 6. The molecule has 0 bridgehead atoms. The second kappa shape index (κ2) is 8.00. The van der Waals surface area contributed by atoms with E-state index < -0.39 is 21.1 Å². The van der Waals surface area contributed by atoms with Gasteiger partial charge in [-0.2, -0.15) is 4.98 Å². The highest BCUT2D eigenvalue weighted by Crippen LogP contribution is 2.20. The zero-order chi connectivity index (χ0) is 20.5. The molecule has 2 aromatic heterocycles. The molecule has 3 heterocycles. The van der Waals surface area contributed by atoms with Gasteiger partial charge in [-0.3, -0.25) is 14.2 Å². The lowest BCUT2D eigenvalue weighted by Crippen LogP contribution is -2.42. The third-order valence-corrected chi connectivity index (χ3v) is 6.53. The molecule has 0 radical (unpaired) electrons. The molecule has 11 heteroatoms. The van der Waals surface area contributed by atoms with Gasteiger partial charge in [0.25, 0.3) is 0 Å². The van der Waals surface area contributed by atoms with E-state index in [0.29, 0.717) is 55.9 Å². The van der Waals surface area contributed by atoms with Crippen molar-refractivity contribution in [1.29, 1.82) is 0 Å². The van der Waals surface area contributed by atoms with Crippen molar-refractivity contribution < 1.29 is 8.42 Å². The summed E-state index contributed by atoms with van der Waals surface area (Å²) in [7, 11) is -3.18. The first-order valence-electron chi connectivity index (χ1n) is 9.47. The van der Waals surface area contributed by atoms with Gasteiger partial charge in [0.15, 0.2) is 5.65 Å². The summed E-state index contributed by atoms with van der Waals surface area (Å²) < 4.78 is 26.2. The summed E-state index contributed by atoms with van der Waals surface area (Å²) in [5, 5.41) is 3.23. The Balaban J connectivity index is 1.90. The average Bonchev–Trinajstić information content (AvgIpc) is 2.66. The molecule has 1 aliphatic rings. The Labute approximate surface area is 163 Å². The van der Waals surface area contributed by atoms with Gasteiger partial charge >= 0.3 is 11.1 Å². The summed E-state index contributed by atoms with van der Waals surface area (Å²) >= 11 is 0. The van der Waals surface area contributed by atoms with Crippen molar-refractivity contribution in [3.63, 3.8) is 0 Å². The van der Waals surface area contributed by atoms with Crippen molar-refractivity contribution >= 4 is 27.1 Å². The van der Waals surface area contributed by atoms with Gasteiger partial charge in [0.1, 0.15) is 5.52 Å². The van der Waals surface area contributed by atoms with Crippen LogP contribution in [0.4, 0.5) is 5.95 Å². The van der Waals surface area contributed by atoms with Crippen LogP contribution in [0.3, 0.4) is 0 Å². The van der Waals surface area contributed by atoms with E-state index in [0.717, 1.165) is 0 Å². The van der Waals surface area contributed by atoms with Crippen molar-refractivity contribution in [2.24, 2.45) is 0 Å². The normalized spacial score (nSPS) is 16.7. The number of piperidine rings is 1. The van der Waals surface area contributed by atoms with Crippen LogP contribution in [0.5, 0.6) is 0 Å². The molecule has 2 N–H and O–H groups in total. The number of nitrogens with one attached hydrogen (secondary N) is 2. The van der Waals surface area contributed by atoms with Crippen LogP contribution in [-0.4, -0.2) is 57.6 Å². The topological polar surface area (TPSA) is 130 Å². The molecule has 2 aromatic rings. The number of sulfonamides is 1. The highest BCUT2D eigenvalue weighted by Gasteiger charge is 2.25. The molecule has 0 saturated carbocycles. The average molecular weight is 411 g/mol. The zero-order valence-corrected chi connectivity index (χ0v) is 17.1. The molecule has 28 heavy (non-hydrogen) atoms. The summed E-state index contributed by atoms with van der Waals surface area (Å²) in [4.78, 5) is 35.7. The third kappa shape index (κ3) is 4.09. The van der Waals surface area contributed by atoms with Crippen molar-refractivity contribution in [2.75, 3.05) is 24.7 Å². The maximum absolute atomic E-state index is 12.4. The first-order valence-corrected chi connectivity index (χ1v) is 11.3. The van der Waals surface area contributed by atoms with Gasteiger partial charge in [-0.05, 0) is 25.7 Å². The highest BCUT2D eigenvalue weighted by molar-refractivity contribution is 7.88. The van der Waals surface area contributed by atoms with Crippen LogP contribution < -0.4 is 16.4 Å². The molecule has 1 aliphatic heterocycles. The Bertz CT molecular complexity index is 1070. The molecule has 10 nitrogen and oxygen atoms in total. The fourth-order valence-electron chi connectivity index (χ4n) is 3.60. The monoisotopic (exact) mass is 410 g/mol. The van der Waals surface area contributed by atoms with Gasteiger partial charge in [0.2, 0.25) is 16.0 Å².